The molecule has 154 valence electrons. The number of aryl methyl sites for hydroxylation is 1. The van der Waals surface area contributed by atoms with Gasteiger partial charge in [0.1, 0.15) is 0 Å². The monoisotopic (exact) mass is 488 g/mol. The maximum absolute atomic E-state index is 5.11. The zero-order valence-corrected chi connectivity index (χ0v) is 19.7. The van der Waals surface area contributed by atoms with Crippen LogP contribution in [0.25, 0.3) is 0 Å². The molecule has 2 rings (SSSR count). The van der Waals surface area contributed by atoms with Crippen molar-refractivity contribution in [1.82, 2.24) is 15.5 Å². The van der Waals surface area contributed by atoms with Crippen molar-refractivity contribution in [2.75, 3.05) is 53.5 Å². The molecule has 1 aromatic carbocycles. The number of aliphatic imine (C=N–C) groups is 1. The molecule has 0 amide bonds. The first-order valence-electron chi connectivity index (χ1n) is 9.87. The Kier molecular flexibility index (Phi) is 11.3. The highest BCUT2D eigenvalue weighted by Gasteiger charge is 2.44. The number of guanidine groups is 1. The van der Waals surface area contributed by atoms with Crippen molar-refractivity contribution in [3.05, 3.63) is 35.4 Å². The van der Waals surface area contributed by atoms with Crippen LogP contribution in [0.5, 0.6) is 0 Å². The molecule has 27 heavy (non-hydrogen) atoms. The molecular weight excluding hydrogens is 451 g/mol. The Bertz CT molecular complexity index is 575. The lowest BCUT2D eigenvalue weighted by Crippen LogP contribution is -2.41. The maximum Gasteiger partial charge on any atom is 0.191 e. The van der Waals surface area contributed by atoms with E-state index in [4.69, 9.17) is 9.73 Å². The molecule has 0 spiro atoms. The predicted molar refractivity (Wildman–Crippen MR) is 125 cm³/mol. The molecule has 2 N–H and O–H groups in total. The summed E-state index contributed by atoms with van der Waals surface area (Å²) in [4.78, 5) is 7.22. The fourth-order valence-corrected chi connectivity index (χ4v) is 3.36. The zero-order chi connectivity index (χ0) is 18.8. The van der Waals surface area contributed by atoms with Crippen molar-refractivity contribution in [3.8, 4) is 0 Å². The van der Waals surface area contributed by atoms with Gasteiger partial charge in [-0.2, -0.15) is 0 Å². The van der Waals surface area contributed by atoms with E-state index in [0.717, 1.165) is 51.7 Å². The lowest BCUT2D eigenvalue weighted by molar-refractivity contribution is 0.180. The van der Waals surface area contributed by atoms with E-state index in [1.54, 1.807) is 7.11 Å². The number of likely N-dealkylation sites (N-methyl/N-ethyl adjacent to an activating group) is 1. The number of ether oxygens (including phenoxy) is 1. The molecule has 0 aromatic heterocycles. The third-order valence-corrected chi connectivity index (χ3v) is 5.13. The first kappa shape index (κ1) is 24.2. The van der Waals surface area contributed by atoms with Gasteiger partial charge in [-0.25, -0.2) is 0 Å². The molecule has 0 aliphatic heterocycles. The number of benzene rings is 1. The quantitative estimate of drug-likeness (QED) is 0.218. The van der Waals surface area contributed by atoms with Crippen molar-refractivity contribution >= 4 is 29.9 Å². The molecule has 1 aliphatic rings. The second-order valence-electron chi connectivity index (χ2n) is 7.37. The molecule has 0 bridgehead atoms. The summed E-state index contributed by atoms with van der Waals surface area (Å²) in [5.41, 5.74) is 3.11. The zero-order valence-electron chi connectivity index (χ0n) is 17.4. The summed E-state index contributed by atoms with van der Waals surface area (Å²) in [6.45, 7) is 9.83. The number of rotatable bonds is 11. The van der Waals surface area contributed by atoms with E-state index in [1.165, 1.54) is 24.0 Å². The van der Waals surface area contributed by atoms with Crippen LogP contribution >= 0.6 is 24.0 Å². The number of hydrogen-bond donors (Lipinski definition) is 2. The Morgan fingerprint density at radius 2 is 1.96 bits per heavy atom. The van der Waals surface area contributed by atoms with Gasteiger partial charge >= 0.3 is 0 Å². The van der Waals surface area contributed by atoms with E-state index in [0.29, 0.717) is 0 Å². The van der Waals surface area contributed by atoms with Gasteiger partial charge in [0.05, 0.1) is 6.54 Å². The first-order valence-corrected chi connectivity index (χ1v) is 9.87. The molecule has 0 atom stereocenters. The summed E-state index contributed by atoms with van der Waals surface area (Å²) in [6, 6.07) is 8.75. The second-order valence-corrected chi connectivity index (χ2v) is 7.37. The Morgan fingerprint density at radius 3 is 2.59 bits per heavy atom. The van der Waals surface area contributed by atoms with Crippen LogP contribution < -0.4 is 10.6 Å². The minimum absolute atomic E-state index is 0. The topological polar surface area (TPSA) is 48.9 Å². The average Bonchev–Trinajstić information content (AvgIpc) is 3.41. The van der Waals surface area contributed by atoms with E-state index >= 15 is 0 Å². The highest BCUT2D eigenvalue weighted by atomic mass is 127. The summed E-state index contributed by atoms with van der Waals surface area (Å²) in [7, 11) is 3.91. The Balaban J connectivity index is 0.00000364. The fraction of sp³-hybridized carbons (Fsp3) is 0.667. The standard InChI is InChI=1S/C21H36N4O.HI/c1-5-22-20(23-13-15-25(3)14-8-16-26-4)24-17-21(11-12-21)19-10-7-6-9-18(19)2;/h6-7,9-10H,5,8,11-17H2,1-4H3,(H2,22,23,24);1H. The Hall–Kier alpha value is -0.860. The molecular formula is C21H37IN4O. The molecule has 1 saturated carbocycles. The third-order valence-electron chi connectivity index (χ3n) is 5.13. The summed E-state index contributed by atoms with van der Waals surface area (Å²) >= 11 is 0. The SMILES string of the molecule is CCNC(=NCC1(c2ccccc2C)CC1)NCCN(C)CCCOC.I. The van der Waals surface area contributed by atoms with Gasteiger partial charge in [-0.05, 0) is 51.3 Å². The van der Waals surface area contributed by atoms with Gasteiger partial charge in [0.2, 0.25) is 0 Å². The van der Waals surface area contributed by atoms with Gasteiger partial charge in [0, 0.05) is 45.3 Å². The van der Waals surface area contributed by atoms with Gasteiger partial charge < -0.3 is 20.3 Å². The lowest BCUT2D eigenvalue weighted by atomic mass is 9.92. The summed E-state index contributed by atoms with van der Waals surface area (Å²) in [6.07, 6.45) is 3.55. The van der Waals surface area contributed by atoms with Crippen LogP contribution in [-0.4, -0.2) is 64.3 Å². The van der Waals surface area contributed by atoms with E-state index in [9.17, 15) is 0 Å². The van der Waals surface area contributed by atoms with Crippen molar-refractivity contribution < 1.29 is 4.74 Å². The number of methoxy groups -OCH3 is 1. The molecule has 5 nitrogen and oxygen atoms in total. The minimum atomic E-state index is 0. The molecule has 0 saturated heterocycles. The normalized spacial score (nSPS) is 15.4. The maximum atomic E-state index is 5.11. The molecule has 1 aromatic rings. The molecule has 0 heterocycles. The van der Waals surface area contributed by atoms with Gasteiger partial charge in [-0.15, -0.1) is 24.0 Å². The van der Waals surface area contributed by atoms with Crippen LogP contribution in [0.1, 0.15) is 37.3 Å². The van der Waals surface area contributed by atoms with Crippen LogP contribution in [0.3, 0.4) is 0 Å². The van der Waals surface area contributed by atoms with E-state index < -0.39 is 0 Å². The number of nitrogens with zero attached hydrogens (tertiary/aromatic N) is 2. The number of halogens is 1. The first-order chi connectivity index (χ1) is 12.6. The average molecular weight is 488 g/mol. The Labute approximate surface area is 182 Å². The van der Waals surface area contributed by atoms with Crippen molar-refractivity contribution in [2.24, 2.45) is 4.99 Å². The van der Waals surface area contributed by atoms with Crippen LogP contribution in [0.2, 0.25) is 0 Å². The Morgan fingerprint density at radius 1 is 1.22 bits per heavy atom. The van der Waals surface area contributed by atoms with Crippen LogP contribution in [0.15, 0.2) is 29.3 Å². The molecule has 0 unspecified atom stereocenters. The smallest absolute Gasteiger partial charge is 0.191 e. The lowest BCUT2D eigenvalue weighted by Gasteiger charge is -2.19. The minimum Gasteiger partial charge on any atom is -0.385 e. The molecule has 1 fully saturated rings. The van der Waals surface area contributed by atoms with E-state index in [-0.39, 0.29) is 29.4 Å². The van der Waals surface area contributed by atoms with Crippen molar-refractivity contribution in [3.63, 3.8) is 0 Å². The highest BCUT2D eigenvalue weighted by molar-refractivity contribution is 14.0. The number of hydrogen-bond acceptors (Lipinski definition) is 3. The van der Waals surface area contributed by atoms with Crippen molar-refractivity contribution in [2.45, 2.75) is 38.5 Å². The molecule has 1 aliphatic carbocycles. The van der Waals surface area contributed by atoms with Crippen molar-refractivity contribution in [1.29, 1.82) is 0 Å². The molecule has 0 radical (unpaired) electrons. The van der Waals surface area contributed by atoms with Gasteiger partial charge in [-0.1, -0.05) is 24.3 Å². The summed E-state index contributed by atoms with van der Waals surface area (Å²) < 4.78 is 5.11. The third kappa shape index (κ3) is 7.95. The summed E-state index contributed by atoms with van der Waals surface area (Å²) in [5.74, 6) is 0.928. The van der Waals surface area contributed by atoms with E-state index in [2.05, 4.69) is 60.7 Å². The largest absolute Gasteiger partial charge is 0.385 e. The van der Waals surface area contributed by atoms with E-state index in [1.807, 2.05) is 0 Å². The predicted octanol–water partition coefficient (Wildman–Crippen LogP) is 3.17. The summed E-state index contributed by atoms with van der Waals surface area (Å²) in [5, 5.41) is 6.85. The van der Waals surface area contributed by atoms with Crippen LogP contribution in [0.4, 0.5) is 0 Å². The number of nitrogens with one attached hydrogen (secondary N) is 2. The second kappa shape index (κ2) is 12.6. The van der Waals surface area contributed by atoms with Crippen LogP contribution in [-0.2, 0) is 10.2 Å². The van der Waals surface area contributed by atoms with Gasteiger partial charge in [0.15, 0.2) is 5.96 Å². The van der Waals surface area contributed by atoms with Gasteiger partial charge in [-0.3, -0.25) is 4.99 Å². The fourth-order valence-electron chi connectivity index (χ4n) is 3.36. The van der Waals surface area contributed by atoms with Crippen LogP contribution in [0, 0.1) is 6.92 Å². The molecule has 6 heteroatoms. The highest BCUT2D eigenvalue weighted by Crippen LogP contribution is 2.49. The van der Waals surface area contributed by atoms with Gasteiger partial charge in [0.25, 0.3) is 0 Å².